The summed E-state index contributed by atoms with van der Waals surface area (Å²) in [4.78, 5) is 8.17. The van der Waals surface area contributed by atoms with Gasteiger partial charge in [0.1, 0.15) is 6.33 Å². The normalized spacial score (nSPS) is 10.5. The molecule has 0 unspecified atom stereocenters. The quantitative estimate of drug-likeness (QED) is 0.813. The van der Waals surface area contributed by atoms with Crippen LogP contribution in [0.15, 0.2) is 18.5 Å². The van der Waals surface area contributed by atoms with Crippen LogP contribution in [-0.4, -0.2) is 21.7 Å². The second kappa shape index (κ2) is 3.73. The van der Waals surface area contributed by atoms with Crippen LogP contribution in [-0.2, 0) is 0 Å². The van der Waals surface area contributed by atoms with Gasteiger partial charge in [0.05, 0.1) is 12.1 Å². The molecule has 1 aromatic carbocycles. The molecule has 0 aliphatic carbocycles. The Morgan fingerprint density at radius 1 is 1.33 bits per heavy atom. The molecule has 15 heavy (non-hydrogen) atoms. The SMILES string of the molecule is CCOc1cc2c(C)ncnc2cc1O. The molecule has 4 heteroatoms. The Labute approximate surface area is 87.6 Å². The maximum Gasteiger partial charge on any atom is 0.161 e. The minimum atomic E-state index is 0.113. The number of phenolic OH excluding ortho intramolecular Hbond substituents is 1. The summed E-state index contributed by atoms with van der Waals surface area (Å²) in [6.45, 7) is 4.29. The fourth-order valence-corrected chi connectivity index (χ4v) is 1.47. The molecule has 2 rings (SSSR count). The van der Waals surface area contributed by atoms with Gasteiger partial charge >= 0.3 is 0 Å². The summed E-state index contributed by atoms with van der Waals surface area (Å²) in [6.07, 6.45) is 1.48. The zero-order chi connectivity index (χ0) is 10.8. The van der Waals surface area contributed by atoms with Crippen LogP contribution in [0.2, 0.25) is 0 Å². The standard InChI is InChI=1S/C11H12N2O2/c1-3-15-11-4-8-7(2)12-6-13-9(8)5-10(11)14/h4-6,14H,3H2,1-2H3. The van der Waals surface area contributed by atoms with Crippen molar-refractivity contribution in [2.75, 3.05) is 6.61 Å². The maximum atomic E-state index is 9.65. The van der Waals surface area contributed by atoms with Crippen molar-refractivity contribution in [3.63, 3.8) is 0 Å². The van der Waals surface area contributed by atoms with Crippen LogP contribution in [0.3, 0.4) is 0 Å². The Morgan fingerprint density at radius 2 is 2.13 bits per heavy atom. The summed E-state index contributed by atoms with van der Waals surface area (Å²) in [6, 6.07) is 3.36. The molecule has 2 aromatic rings. The highest BCUT2D eigenvalue weighted by atomic mass is 16.5. The molecule has 0 spiro atoms. The molecule has 0 amide bonds. The van der Waals surface area contributed by atoms with Crippen molar-refractivity contribution in [2.45, 2.75) is 13.8 Å². The summed E-state index contributed by atoms with van der Waals surface area (Å²) >= 11 is 0. The van der Waals surface area contributed by atoms with Gasteiger partial charge in [0.25, 0.3) is 0 Å². The Morgan fingerprint density at radius 3 is 2.87 bits per heavy atom. The summed E-state index contributed by atoms with van der Waals surface area (Å²) in [7, 11) is 0. The Balaban J connectivity index is 2.66. The van der Waals surface area contributed by atoms with E-state index in [-0.39, 0.29) is 5.75 Å². The molecule has 0 bridgehead atoms. The minimum Gasteiger partial charge on any atom is -0.504 e. The first-order valence-electron chi connectivity index (χ1n) is 4.79. The molecular formula is C11H12N2O2. The van der Waals surface area contributed by atoms with Gasteiger partial charge in [-0.05, 0) is 19.9 Å². The smallest absolute Gasteiger partial charge is 0.161 e. The third-order valence-corrected chi connectivity index (χ3v) is 2.22. The Bertz CT molecular complexity index is 497. The third-order valence-electron chi connectivity index (χ3n) is 2.22. The van der Waals surface area contributed by atoms with E-state index >= 15 is 0 Å². The number of hydrogen-bond donors (Lipinski definition) is 1. The summed E-state index contributed by atoms with van der Waals surface area (Å²) in [5.41, 5.74) is 1.60. The Kier molecular flexibility index (Phi) is 2.41. The van der Waals surface area contributed by atoms with Crippen molar-refractivity contribution in [3.05, 3.63) is 24.2 Å². The highest BCUT2D eigenvalue weighted by Crippen LogP contribution is 2.31. The predicted molar refractivity (Wildman–Crippen MR) is 57.1 cm³/mol. The van der Waals surface area contributed by atoms with Gasteiger partial charge in [0.15, 0.2) is 11.5 Å². The van der Waals surface area contributed by atoms with Crippen LogP contribution in [0, 0.1) is 6.92 Å². The van der Waals surface area contributed by atoms with E-state index in [9.17, 15) is 5.11 Å². The number of hydrogen-bond acceptors (Lipinski definition) is 4. The number of phenols is 1. The predicted octanol–water partition coefficient (Wildman–Crippen LogP) is 2.04. The minimum absolute atomic E-state index is 0.113. The van der Waals surface area contributed by atoms with Gasteiger partial charge in [0.2, 0.25) is 0 Å². The van der Waals surface area contributed by atoms with E-state index in [1.54, 1.807) is 12.1 Å². The lowest BCUT2D eigenvalue weighted by Gasteiger charge is -2.07. The van der Waals surface area contributed by atoms with Crippen molar-refractivity contribution in [3.8, 4) is 11.5 Å². The van der Waals surface area contributed by atoms with Crippen molar-refractivity contribution in [1.29, 1.82) is 0 Å². The zero-order valence-corrected chi connectivity index (χ0v) is 8.69. The fraction of sp³-hybridized carbons (Fsp3) is 0.273. The zero-order valence-electron chi connectivity index (χ0n) is 8.69. The first-order chi connectivity index (χ1) is 7.22. The molecule has 78 valence electrons. The van der Waals surface area contributed by atoms with Gasteiger partial charge in [-0.25, -0.2) is 9.97 Å². The van der Waals surface area contributed by atoms with Crippen molar-refractivity contribution < 1.29 is 9.84 Å². The van der Waals surface area contributed by atoms with Crippen LogP contribution in [0.1, 0.15) is 12.6 Å². The average molecular weight is 204 g/mol. The molecule has 1 heterocycles. The number of nitrogens with zero attached hydrogens (tertiary/aromatic N) is 2. The van der Waals surface area contributed by atoms with E-state index in [0.717, 1.165) is 16.6 Å². The molecule has 0 saturated carbocycles. The highest BCUT2D eigenvalue weighted by molar-refractivity contribution is 5.84. The first-order valence-corrected chi connectivity index (χ1v) is 4.79. The number of aromatic hydroxyl groups is 1. The summed E-state index contributed by atoms with van der Waals surface area (Å²) in [5, 5.41) is 10.5. The number of benzene rings is 1. The molecule has 0 aliphatic heterocycles. The van der Waals surface area contributed by atoms with E-state index < -0.39 is 0 Å². The number of aryl methyl sites for hydroxylation is 1. The van der Waals surface area contributed by atoms with Gasteiger partial charge in [-0.1, -0.05) is 0 Å². The van der Waals surface area contributed by atoms with Crippen LogP contribution >= 0.6 is 0 Å². The first kappa shape index (κ1) is 9.71. The van der Waals surface area contributed by atoms with Crippen molar-refractivity contribution in [1.82, 2.24) is 9.97 Å². The molecule has 1 N–H and O–H groups in total. The summed E-state index contributed by atoms with van der Waals surface area (Å²) in [5.74, 6) is 0.588. The van der Waals surface area contributed by atoms with Gasteiger partial charge in [0, 0.05) is 17.1 Å². The number of rotatable bonds is 2. The topological polar surface area (TPSA) is 55.2 Å². The second-order valence-electron chi connectivity index (χ2n) is 3.23. The largest absolute Gasteiger partial charge is 0.504 e. The van der Waals surface area contributed by atoms with E-state index in [1.807, 2.05) is 13.8 Å². The van der Waals surface area contributed by atoms with Gasteiger partial charge in [-0.2, -0.15) is 0 Å². The molecule has 0 aliphatic rings. The number of ether oxygens (including phenoxy) is 1. The highest BCUT2D eigenvalue weighted by Gasteiger charge is 2.07. The van der Waals surface area contributed by atoms with Crippen molar-refractivity contribution in [2.24, 2.45) is 0 Å². The van der Waals surface area contributed by atoms with E-state index in [4.69, 9.17) is 4.74 Å². The van der Waals surface area contributed by atoms with Crippen LogP contribution in [0.4, 0.5) is 0 Å². The fourth-order valence-electron chi connectivity index (χ4n) is 1.47. The van der Waals surface area contributed by atoms with Gasteiger partial charge in [-0.3, -0.25) is 0 Å². The molecule has 0 saturated heterocycles. The number of aromatic nitrogens is 2. The monoisotopic (exact) mass is 204 g/mol. The molecular weight excluding hydrogens is 192 g/mol. The second-order valence-corrected chi connectivity index (χ2v) is 3.23. The Hall–Kier alpha value is -1.84. The van der Waals surface area contributed by atoms with E-state index in [1.165, 1.54) is 6.33 Å². The van der Waals surface area contributed by atoms with Crippen LogP contribution in [0.25, 0.3) is 10.9 Å². The lowest BCUT2D eigenvalue weighted by Crippen LogP contribution is -1.94. The lowest BCUT2D eigenvalue weighted by molar-refractivity contribution is 0.319. The van der Waals surface area contributed by atoms with Crippen LogP contribution in [0.5, 0.6) is 11.5 Å². The van der Waals surface area contributed by atoms with Gasteiger partial charge in [-0.15, -0.1) is 0 Å². The average Bonchev–Trinajstić information content (AvgIpc) is 2.21. The molecule has 0 atom stereocenters. The van der Waals surface area contributed by atoms with Crippen LogP contribution < -0.4 is 4.74 Å². The number of fused-ring (bicyclic) bond motifs is 1. The lowest BCUT2D eigenvalue weighted by atomic mass is 10.2. The van der Waals surface area contributed by atoms with E-state index in [2.05, 4.69) is 9.97 Å². The molecule has 0 fully saturated rings. The maximum absolute atomic E-state index is 9.65. The molecule has 4 nitrogen and oxygen atoms in total. The van der Waals surface area contributed by atoms with Gasteiger partial charge < -0.3 is 9.84 Å². The summed E-state index contributed by atoms with van der Waals surface area (Å²) < 4.78 is 5.29. The van der Waals surface area contributed by atoms with Crippen molar-refractivity contribution >= 4 is 10.9 Å². The van der Waals surface area contributed by atoms with E-state index in [0.29, 0.717) is 12.4 Å². The molecule has 1 aromatic heterocycles. The third kappa shape index (κ3) is 1.70. The molecule has 0 radical (unpaired) electrons.